The van der Waals surface area contributed by atoms with Crippen molar-refractivity contribution in [2.75, 3.05) is 19.3 Å². The lowest BCUT2D eigenvalue weighted by molar-refractivity contribution is 0.394. The molecule has 1 aromatic heterocycles. The number of hydrogen-bond donors (Lipinski definition) is 1. The summed E-state index contributed by atoms with van der Waals surface area (Å²) < 4.78 is 25.9. The molecule has 0 saturated heterocycles. The zero-order valence-corrected chi connectivity index (χ0v) is 11.4. The van der Waals surface area contributed by atoms with E-state index in [2.05, 4.69) is 0 Å². The molecule has 6 heteroatoms. The summed E-state index contributed by atoms with van der Waals surface area (Å²) in [6.45, 7) is 4.62. The van der Waals surface area contributed by atoms with Gasteiger partial charge in [-0.15, -0.1) is 11.3 Å². The van der Waals surface area contributed by atoms with Crippen molar-refractivity contribution in [3.05, 3.63) is 11.4 Å². The molecule has 1 heterocycles. The number of nitrogens with zero attached hydrogens (tertiary/aromatic N) is 1. The van der Waals surface area contributed by atoms with Crippen LogP contribution in [0.2, 0.25) is 0 Å². The third-order valence-corrected chi connectivity index (χ3v) is 5.78. The second-order valence-electron chi connectivity index (χ2n) is 4.00. The molecule has 0 bridgehead atoms. The van der Waals surface area contributed by atoms with Crippen molar-refractivity contribution in [2.24, 2.45) is 5.92 Å². The number of thiophene rings is 1. The molecule has 92 valence electrons. The van der Waals surface area contributed by atoms with Gasteiger partial charge in [-0.1, -0.05) is 20.3 Å². The third kappa shape index (κ3) is 2.96. The molecule has 0 aliphatic carbocycles. The Bertz CT molecular complexity index is 439. The molecule has 0 radical (unpaired) electrons. The SMILES string of the molecule is CCC(C)CN(C)S(=O)(=O)c1cc(N)cs1. The van der Waals surface area contributed by atoms with Crippen LogP contribution < -0.4 is 5.73 Å². The fourth-order valence-electron chi connectivity index (χ4n) is 1.29. The molecule has 1 rings (SSSR count). The molecule has 2 N–H and O–H groups in total. The van der Waals surface area contributed by atoms with Gasteiger partial charge in [0.1, 0.15) is 4.21 Å². The summed E-state index contributed by atoms with van der Waals surface area (Å²) in [4.78, 5) is 0. The molecule has 0 aromatic carbocycles. The molecule has 0 fully saturated rings. The first kappa shape index (κ1) is 13.5. The van der Waals surface area contributed by atoms with E-state index < -0.39 is 10.0 Å². The van der Waals surface area contributed by atoms with Crippen LogP contribution in [0.5, 0.6) is 0 Å². The highest BCUT2D eigenvalue weighted by atomic mass is 32.2. The molecule has 1 unspecified atom stereocenters. The predicted molar refractivity (Wildman–Crippen MR) is 68.0 cm³/mol. The Morgan fingerprint density at radius 2 is 2.19 bits per heavy atom. The average Bonchev–Trinajstić information content (AvgIpc) is 2.65. The molecule has 4 nitrogen and oxygen atoms in total. The normalized spacial score (nSPS) is 14.2. The number of anilines is 1. The summed E-state index contributed by atoms with van der Waals surface area (Å²) in [6.07, 6.45) is 0.965. The third-order valence-electron chi connectivity index (χ3n) is 2.53. The monoisotopic (exact) mass is 262 g/mol. The minimum atomic E-state index is -3.35. The van der Waals surface area contributed by atoms with Gasteiger partial charge in [-0.3, -0.25) is 0 Å². The summed E-state index contributed by atoms with van der Waals surface area (Å²) in [6, 6.07) is 1.51. The Hall–Kier alpha value is -0.590. The number of sulfonamides is 1. The molecule has 0 spiro atoms. The first-order chi connectivity index (χ1) is 7.37. The van der Waals surface area contributed by atoms with Crippen molar-refractivity contribution in [2.45, 2.75) is 24.5 Å². The molecular formula is C10H18N2O2S2. The molecule has 0 aliphatic heterocycles. The predicted octanol–water partition coefficient (Wildman–Crippen LogP) is 2.00. The van der Waals surface area contributed by atoms with E-state index in [4.69, 9.17) is 5.73 Å². The fourth-order valence-corrected chi connectivity index (χ4v) is 3.87. The second kappa shape index (κ2) is 5.16. The van der Waals surface area contributed by atoms with E-state index in [-0.39, 0.29) is 0 Å². The van der Waals surface area contributed by atoms with Gasteiger partial charge in [0.25, 0.3) is 10.0 Å². The average molecular weight is 262 g/mol. The van der Waals surface area contributed by atoms with Gasteiger partial charge in [0.05, 0.1) is 0 Å². The van der Waals surface area contributed by atoms with Crippen LogP contribution in [0.25, 0.3) is 0 Å². The van der Waals surface area contributed by atoms with Crippen molar-refractivity contribution >= 4 is 27.0 Å². The van der Waals surface area contributed by atoms with E-state index >= 15 is 0 Å². The van der Waals surface area contributed by atoms with Crippen LogP contribution in [0, 0.1) is 5.92 Å². The maximum absolute atomic E-state index is 12.1. The van der Waals surface area contributed by atoms with E-state index in [1.807, 2.05) is 13.8 Å². The van der Waals surface area contributed by atoms with E-state index in [0.29, 0.717) is 22.4 Å². The summed E-state index contributed by atoms with van der Waals surface area (Å²) in [5.41, 5.74) is 6.03. The van der Waals surface area contributed by atoms with Gasteiger partial charge >= 0.3 is 0 Å². The minimum Gasteiger partial charge on any atom is -0.398 e. The maximum Gasteiger partial charge on any atom is 0.252 e. The van der Waals surface area contributed by atoms with Crippen molar-refractivity contribution in [1.82, 2.24) is 4.31 Å². The molecule has 1 atom stereocenters. The lowest BCUT2D eigenvalue weighted by Gasteiger charge is -2.19. The smallest absolute Gasteiger partial charge is 0.252 e. The summed E-state index contributed by atoms with van der Waals surface area (Å²) in [7, 11) is -1.74. The zero-order valence-electron chi connectivity index (χ0n) is 9.80. The number of nitrogen functional groups attached to an aromatic ring is 1. The van der Waals surface area contributed by atoms with Crippen LogP contribution in [-0.4, -0.2) is 26.3 Å². The first-order valence-corrected chi connectivity index (χ1v) is 7.50. The van der Waals surface area contributed by atoms with Gasteiger partial charge in [0.2, 0.25) is 0 Å². The summed E-state index contributed by atoms with van der Waals surface area (Å²) in [5.74, 6) is 0.358. The Morgan fingerprint density at radius 3 is 2.62 bits per heavy atom. The first-order valence-electron chi connectivity index (χ1n) is 5.18. The van der Waals surface area contributed by atoms with Crippen LogP contribution in [0.15, 0.2) is 15.7 Å². The van der Waals surface area contributed by atoms with Crippen LogP contribution in [0.1, 0.15) is 20.3 Å². The summed E-state index contributed by atoms with van der Waals surface area (Å²) >= 11 is 1.16. The summed E-state index contributed by atoms with van der Waals surface area (Å²) in [5, 5.41) is 1.64. The van der Waals surface area contributed by atoms with Crippen molar-refractivity contribution < 1.29 is 8.42 Å². The highest BCUT2D eigenvalue weighted by Crippen LogP contribution is 2.24. The molecule has 16 heavy (non-hydrogen) atoms. The van der Waals surface area contributed by atoms with E-state index in [1.165, 1.54) is 10.4 Å². The van der Waals surface area contributed by atoms with E-state index in [9.17, 15) is 8.42 Å². The standard InChI is InChI=1S/C10H18N2O2S2/c1-4-8(2)6-12(3)16(13,14)10-5-9(11)7-15-10/h5,7-8H,4,6,11H2,1-3H3. The van der Waals surface area contributed by atoms with Gasteiger partial charge in [-0.2, -0.15) is 4.31 Å². The quantitative estimate of drug-likeness (QED) is 0.882. The number of nitrogens with two attached hydrogens (primary N) is 1. The lowest BCUT2D eigenvalue weighted by atomic mass is 10.1. The van der Waals surface area contributed by atoms with Gasteiger partial charge in [0, 0.05) is 24.7 Å². The van der Waals surface area contributed by atoms with Crippen LogP contribution >= 0.6 is 11.3 Å². The van der Waals surface area contributed by atoms with Crippen LogP contribution in [-0.2, 0) is 10.0 Å². The Labute approximate surface area is 101 Å². The Balaban J connectivity index is 2.86. The van der Waals surface area contributed by atoms with Crippen molar-refractivity contribution in [1.29, 1.82) is 0 Å². The minimum absolute atomic E-state index is 0.316. The number of hydrogen-bond acceptors (Lipinski definition) is 4. The fraction of sp³-hybridized carbons (Fsp3) is 0.600. The van der Waals surface area contributed by atoms with Crippen molar-refractivity contribution in [3.63, 3.8) is 0 Å². The highest BCUT2D eigenvalue weighted by Gasteiger charge is 2.23. The van der Waals surface area contributed by atoms with Gasteiger partial charge in [-0.05, 0) is 12.0 Å². The highest BCUT2D eigenvalue weighted by molar-refractivity contribution is 7.91. The Kier molecular flexibility index (Phi) is 4.35. The molecule has 0 amide bonds. The topological polar surface area (TPSA) is 63.4 Å². The van der Waals surface area contributed by atoms with E-state index in [0.717, 1.165) is 17.8 Å². The lowest BCUT2D eigenvalue weighted by Crippen LogP contribution is -2.30. The molecule has 0 aliphatic rings. The van der Waals surface area contributed by atoms with Crippen LogP contribution in [0.3, 0.4) is 0 Å². The second-order valence-corrected chi connectivity index (χ2v) is 7.18. The zero-order chi connectivity index (χ0) is 12.3. The molecule has 1 aromatic rings. The van der Waals surface area contributed by atoms with Gasteiger partial charge in [0.15, 0.2) is 0 Å². The Morgan fingerprint density at radius 1 is 1.56 bits per heavy atom. The molecular weight excluding hydrogens is 244 g/mol. The largest absolute Gasteiger partial charge is 0.398 e. The van der Waals surface area contributed by atoms with Gasteiger partial charge in [-0.25, -0.2) is 8.42 Å². The van der Waals surface area contributed by atoms with E-state index in [1.54, 1.807) is 12.4 Å². The van der Waals surface area contributed by atoms with Crippen molar-refractivity contribution in [3.8, 4) is 0 Å². The van der Waals surface area contributed by atoms with Crippen LogP contribution in [0.4, 0.5) is 5.69 Å². The van der Waals surface area contributed by atoms with Gasteiger partial charge < -0.3 is 5.73 Å². The molecule has 0 saturated carbocycles. The number of rotatable bonds is 5. The maximum atomic E-state index is 12.1.